The molecule has 2 aromatic rings. The van der Waals surface area contributed by atoms with Crippen molar-refractivity contribution < 1.29 is 27.5 Å². The number of aromatic nitrogens is 3. The smallest absolute Gasteiger partial charge is 0.435 e. The van der Waals surface area contributed by atoms with Gasteiger partial charge in [-0.1, -0.05) is 25.2 Å². The van der Waals surface area contributed by atoms with Gasteiger partial charge >= 0.3 is 12.1 Å². The Bertz CT molecular complexity index is 874. The molecule has 0 aliphatic rings. The first-order valence-corrected chi connectivity index (χ1v) is 9.35. The summed E-state index contributed by atoms with van der Waals surface area (Å²) >= 11 is 0.966. The van der Waals surface area contributed by atoms with Gasteiger partial charge in [-0.3, -0.25) is 14.4 Å². The molecule has 0 saturated carbocycles. The Balaban J connectivity index is 2.45. The molecule has 0 N–H and O–H groups in total. The van der Waals surface area contributed by atoms with E-state index < -0.39 is 23.7 Å². The van der Waals surface area contributed by atoms with E-state index in [1.54, 1.807) is 13.8 Å². The van der Waals surface area contributed by atoms with Crippen molar-refractivity contribution in [3.05, 3.63) is 28.0 Å². The maximum atomic E-state index is 13.0. The van der Waals surface area contributed by atoms with E-state index in [-0.39, 0.29) is 34.8 Å². The summed E-state index contributed by atoms with van der Waals surface area (Å²) in [5.41, 5.74) is -0.982. The number of nitrogens with zero attached hydrogens (tertiary/aromatic N) is 4. The van der Waals surface area contributed by atoms with Crippen LogP contribution in [0.3, 0.4) is 0 Å². The zero-order valence-electron chi connectivity index (χ0n) is 16.1. The van der Waals surface area contributed by atoms with Gasteiger partial charge in [0.05, 0.1) is 12.3 Å². The minimum atomic E-state index is -4.66. The van der Waals surface area contributed by atoms with Crippen LogP contribution in [-0.2, 0) is 18.0 Å². The van der Waals surface area contributed by atoms with E-state index in [9.17, 15) is 22.8 Å². The van der Waals surface area contributed by atoms with Crippen molar-refractivity contribution in [1.82, 2.24) is 14.8 Å². The Morgan fingerprint density at radius 2 is 2.00 bits per heavy atom. The van der Waals surface area contributed by atoms with Gasteiger partial charge in [0.25, 0.3) is 5.91 Å². The SMILES string of the molecule is CCOC(=O)c1sc(N(CC(C)C)C(=O)c2cc(C(F)(F)F)nn2C)nc1C. The van der Waals surface area contributed by atoms with E-state index in [1.807, 2.05) is 13.8 Å². The predicted molar refractivity (Wildman–Crippen MR) is 97.5 cm³/mol. The summed E-state index contributed by atoms with van der Waals surface area (Å²) in [6.45, 7) is 7.39. The van der Waals surface area contributed by atoms with E-state index in [0.29, 0.717) is 11.8 Å². The Morgan fingerprint density at radius 3 is 2.50 bits per heavy atom. The molecule has 0 radical (unpaired) electrons. The van der Waals surface area contributed by atoms with Gasteiger partial charge in [0, 0.05) is 19.7 Å². The van der Waals surface area contributed by atoms with Crippen molar-refractivity contribution in [3.63, 3.8) is 0 Å². The van der Waals surface area contributed by atoms with Crippen LogP contribution in [0.2, 0.25) is 0 Å². The quantitative estimate of drug-likeness (QED) is 0.669. The minimum absolute atomic E-state index is 0.00881. The molecule has 0 bridgehead atoms. The molecule has 2 rings (SSSR count). The summed E-state index contributed by atoms with van der Waals surface area (Å²) in [6.07, 6.45) is -4.66. The molecule has 0 saturated heterocycles. The molecule has 0 unspecified atom stereocenters. The zero-order chi connectivity index (χ0) is 21.2. The molecule has 0 atom stereocenters. The largest absolute Gasteiger partial charge is 0.462 e. The second kappa shape index (κ2) is 8.29. The molecule has 154 valence electrons. The normalized spacial score (nSPS) is 11.8. The molecule has 28 heavy (non-hydrogen) atoms. The Kier molecular flexibility index (Phi) is 6.48. The molecule has 0 fully saturated rings. The number of hydrogen-bond donors (Lipinski definition) is 0. The van der Waals surface area contributed by atoms with Crippen LogP contribution in [0.5, 0.6) is 0 Å². The number of halogens is 3. The van der Waals surface area contributed by atoms with Gasteiger partial charge in [-0.25, -0.2) is 9.78 Å². The van der Waals surface area contributed by atoms with Crippen LogP contribution in [0.4, 0.5) is 18.3 Å². The van der Waals surface area contributed by atoms with Crippen molar-refractivity contribution in [1.29, 1.82) is 0 Å². The Labute approximate surface area is 164 Å². The molecule has 0 spiro atoms. The van der Waals surface area contributed by atoms with Crippen molar-refractivity contribution in [3.8, 4) is 0 Å². The van der Waals surface area contributed by atoms with E-state index in [2.05, 4.69) is 10.1 Å². The number of esters is 1. The maximum Gasteiger partial charge on any atom is 0.435 e. The number of amides is 1. The topological polar surface area (TPSA) is 77.3 Å². The number of alkyl halides is 3. The van der Waals surface area contributed by atoms with E-state index in [1.165, 1.54) is 11.9 Å². The molecule has 7 nitrogen and oxygen atoms in total. The molecular formula is C17H21F3N4O3S. The molecule has 1 amide bonds. The van der Waals surface area contributed by atoms with Gasteiger partial charge in [-0.05, 0) is 19.8 Å². The van der Waals surface area contributed by atoms with E-state index >= 15 is 0 Å². The monoisotopic (exact) mass is 418 g/mol. The highest BCUT2D eigenvalue weighted by Gasteiger charge is 2.36. The van der Waals surface area contributed by atoms with Crippen LogP contribution in [0, 0.1) is 12.8 Å². The molecule has 2 heterocycles. The first kappa shape index (κ1) is 21.9. The summed E-state index contributed by atoms with van der Waals surface area (Å²) in [6, 6.07) is 0.711. The third-order valence-electron chi connectivity index (χ3n) is 3.66. The summed E-state index contributed by atoms with van der Waals surface area (Å²) in [5, 5.41) is 3.60. The number of aryl methyl sites for hydroxylation is 2. The second-order valence-corrected chi connectivity index (χ2v) is 7.45. The first-order valence-electron chi connectivity index (χ1n) is 8.53. The van der Waals surface area contributed by atoms with Gasteiger partial charge in [0.2, 0.25) is 0 Å². The second-order valence-electron chi connectivity index (χ2n) is 6.48. The summed E-state index contributed by atoms with van der Waals surface area (Å²) in [5.74, 6) is -1.22. The lowest BCUT2D eigenvalue weighted by Crippen LogP contribution is -2.35. The fourth-order valence-corrected chi connectivity index (χ4v) is 3.41. The summed E-state index contributed by atoms with van der Waals surface area (Å²) in [7, 11) is 1.27. The van der Waals surface area contributed by atoms with Gasteiger partial charge in [0.1, 0.15) is 10.6 Å². The van der Waals surface area contributed by atoms with Gasteiger partial charge in [-0.15, -0.1) is 0 Å². The van der Waals surface area contributed by atoms with Crippen LogP contribution in [0.1, 0.15) is 52.3 Å². The Morgan fingerprint density at radius 1 is 1.36 bits per heavy atom. The van der Waals surface area contributed by atoms with E-state index in [4.69, 9.17) is 4.74 Å². The predicted octanol–water partition coefficient (Wildman–Crippen LogP) is 3.68. The highest BCUT2D eigenvalue weighted by atomic mass is 32.1. The van der Waals surface area contributed by atoms with E-state index in [0.717, 1.165) is 16.0 Å². The molecule has 2 aromatic heterocycles. The third kappa shape index (κ3) is 4.70. The fourth-order valence-electron chi connectivity index (χ4n) is 2.44. The van der Waals surface area contributed by atoms with Crippen molar-refractivity contribution >= 4 is 28.3 Å². The average Bonchev–Trinajstić information content (AvgIpc) is 3.15. The lowest BCUT2D eigenvalue weighted by molar-refractivity contribution is -0.141. The van der Waals surface area contributed by atoms with Crippen molar-refractivity contribution in [2.24, 2.45) is 13.0 Å². The van der Waals surface area contributed by atoms with Crippen LogP contribution in [-0.4, -0.2) is 39.8 Å². The summed E-state index contributed by atoms with van der Waals surface area (Å²) in [4.78, 5) is 30.8. The highest BCUT2D eigenvalue weighted by Crippen LogP contribution is 2.31. The summed E-state index contributed by atoms with van der Waals surface area (Å²) < 4.78 is 44.7. The number of anilines is 1. The number of carbonyl (C=O) groups is 2. The number of rotatable bonds is 6. The number of ether oxygens (including phenoxy) is 1. The van der Waals surface area contributed by atoms with Crippen LogP contribution in [0.25, 0.3) is 0 Å². The number of hydrogen-bond acceptors (Lipinski definition) is 6. The van der Waals surface area contributed by atoms with Crippen molar-refractivity contribution in [2.75, 3.05) is 18.1 Å². The third-order valence-corrected chi connectivity index (χ3v) is 4.82. The van der Waals surface area contributed by atoms with Crippen LogP contribution in [0.15, 0.2) is 6.07 Å². The average molecular weight is 418 g/mol. The van der Waals surface area contributed by atoms with Gasteiger partial charge < -0.3 is 4.74 Å². The number of thiazole rings is 1. The van der Waals surface area contributed by atoms with Crippen LogP contribution < -0.4 is 4.90 Å². The minimum Gasteiger partial charge on any atom is -0.462 e. The molecule has 0 aliphatic carbocycles. The molecule has 11 heteroatoms. The lowest BCUT2D eigenvalue weighted by Gasteiger charge is -2.21. The lowest BCUT2D eigenvalue weighted by atomic mass is 10.2. The maximum absolute atomic E-state index is 13.0. The highest BCUT2D eigenvalue weighted by molar-refractivity contribution is 7.17. The number of carbonyl (C=O) groups excluding carboxylic acids is 2. The fraction of sp³-hybridized carbons (Fsp3) is 0.529. The standard InChI is InChI=1S/C17H21F3N4O3S/c1-6-27-15(26)13-10(4)21-16(28-13)24(8-9(2)3)14(25)11-7-12(17(18,19)20)22-23(11)5/h7,9H,6,8H2,1-5H3. The molecular weight excluding hydrogens is 397 g/mol. The van der Waals surface area contributed by atoms with Gasteiger partial charge in [0.15, 0.2) is 10.8 Å². The first-order chi connectivity index (χ1) is 13.0. The molecule has 0 aromatic carbocycles. The Hall–Kier alpha value is -2.43. The molecule has 0 aliphatic heterocycles. The van der Waals surface area contributed by atoms with Gasteiger partial charge in [-0.2, -0.15) is 18.3 Å². The van der Waals surface area contributed by atoms with Crippen molar-refractivity contribution in [2.45, 2.75) is 33.9 Å². The van der Waals surface area contributed by atoms with Crippen LogP contribution >= 0.6 is 11.3 Å². The zero-order valence-corrected chi connectivity index (χ0v) is 16.9.